The van der Waals surface area contributed by atoms with Crippen LogP contribution >= 0.6 is 27.7 Å². The van der Waals surface area contributed by atoms with Gasteiger partial charge in [0, 0.05) is 48.4 Å². The maximum absolute atomic E-state index is 13.2. The van der Waals surface area contributed by atoms with Gasteiger partial charge in [0.1, 0.15) is 18.2 Å². The molecule has 3 aromatic carbocycles. The molecule has 0 spiro atoms. The van der Waals surface area contributed by atoms with E-state index in [-0.39, 0.29) is 28.1 Å². The average Bonchev–Trinajstić information content (AvgIpc) is 3.52. The maximum atomic E-state index is 13.2. The number of carbonyl (C=O) groups excluding carboxylic acids is 1. The standard InChI is InChI=1S/C33H29BrN8O6S2/c34-24-11-13-25(14-12-24)36-30-27(21-35)29(23-7-3-1-4-8-23)37-33(38-30)49-22-28(43)41-17-15-40(16-18-41)19-20-47-31-32(42(44)48-39-31)50(45,46)26-9-5-2-6-10-26/h1-14H,15-20,22H2,(H,36,37,38). The molecule has 1 aliphatic rings. The molecule has 6 rings (SSSR count). The SMILES string of the molecule is N#Cc1c(Nc2ccc(Br)cc2)nc(SCC(=O)N2CCN(CCOc3no[n+]([O-])c3S(=O)(=O)c3ccccc3)CC2)nc1-c1ccccc1. The number of rotatable bonds is 12. The van der Waals surface area contributed by atoms with Gasteiger partial charge in [-0.1, -0.05) is 76.2 Å². The largest absolute Gasteiger partial charge is 0.453 e. The highest BCUT2D eigenvalue weighted by Crippen LogP contribution is 2.31. The summed E-state index contributed by atoms with van der Waals surface area (Å²) < 4.78 is 37.0. The Labute approximate surface area is 300 Å². The average molecular weight is 778 g/mol. The first-order valence-electron chi connectivity index (χ1n) is 15.3. The smallest absolute Gasteiger partial charge is 0.415 e. The molecule has 14 nitrogen and oxygen atoms in total. The van der Waals surface area contributed by atoms with E-state index in [0.717, 1.165) is 15.7 Å². The van der Waals surface area contributed by atoms with Gasteiger partial charge in [0.15, 0.2) is 11.0 Å². The fourth-order valence-corrected chi connectivity index (χ4v) is 7.43. The molecule has 50 heavy (non-hydrogen) atoms. The number of halogens is 1. The van der Waals surface area contributed by atoms with E-state index in [4.69, 9.17) is 4.74 Å². The Balaban J connectivity index is 1.05. The summed E-state index contributed by atoms with van der Waals surface area (Å²) in [5.41, 5.74) is 2.25. The Kier molecular flexibility index (Phi) is 10.9. The quantitative estimate of drug-likeness (QED) is 0.108. The summed E-state index contributed by atoms with van der Waals surface area (Å²) in [4.78, 5) is 26.1. The third-order valence-corrected chi connectivity index (χ3v) is 10.8. The van der Waals surface area contributed by atoms with E-state index in [1.54, 1.807) is 23.1 Å². The van der Waals surface area contributed by atoms with E-state index in [0.29, 0.717) is 55.0 Å². The van der Waals surface area contributed by atoms with Gasteiger partial charge in [-0.3, -0.25) is 14.3 Å². The number of carbonyl (C=O) groups is 1. The molecule has 17 heteroatoms. The summed E-state index contributed by atoms with van der Waals surface area (Å²) in [5, 5.41) is 28.6. The molecular weight excluding hydrogens is 748 g/mol. The molecule has 0 saturated carbocycles. The van der Waals surface area contributed by atoms with Crippen LogP contribution in [0.4, 0.5) is 11.5 Å². The highest BCUT2D eigenvalue weighted by molar-refractivity contribution is 9.10. The van der Waals surface area contributed by atoms with Gasteiger partial charge in [0.05, 0.1) is 21.5 Å². The number of hydrogen-bond acceptors (Lipinski definition) is 13. The number of nitrogens with zero attached hydrogens (tertiary/aromatic N) is 7. The van der Waals surface area contributed by atoms with Crippen molar-refractivity contribution in [3.63, 3.8) is 0 Å². The zero-order valence-electron chi connectivity index (χ0n) is 26.3. The number of anilines is 2. The lowest BCUT2D eigenvalue weighted by atomic mass is 10.1. The second kappa shape index (κ2) is 15.7. The normalized spacial score (nSPS) is 13.5. The first-order valence-corrected chi connectivity index (χ1v) is 18.5. The molecule has 3 heterocycles. The number of nitrogens with one attached hydrogen (secondary N) is 1. The Bertz CT molecular complexity index is 2110. The van der Waals surface area contributed by atoms with Crippen molar-refractivity contribution in [1.82, 2.24) is 24.9 Å². The Morgan fingerprint density at radius 2 is 1.70 bits per heavy atom. The highest BCUT2D eigenvalue weighted by Gasteiger charge is 2.36. The third kappa shape index (κ3) is 8.05. The molecule has 1 amide bonds. The number of ether oxygens (including phenoxy) is 1. The molecule has 5 aromatic rings. The number of aromatic nitrogens is 4. The minimum Gasteiger partial charge on any atom is -0.453 e. The van der Waals surface area contributed by atoms with E-state index in [1.807, 2.05) is 54.6 Å². The fourth-order valence-electron chi connectivity index (χ4n) is 5.13. The highest BCUT2D eigenvalue weighted by atomic mass is 79.9. The molecule has 1 fully saturated rings. The van der Waals surface area contributed by atoms with Crippen LogP contribution in [0.5, 0.6) is 5.88 Å². The van der Waals surface area contributed by atoms with E-state index in [9.17, 15) is 23.7 Å². The van der Waals surface area contributed by atoms with E-state index in [2.05, 4.69) is 52.0 Å². The minimum absolute atomic E-state index is 0.0457. The van der Waals surface area contributed by atoms with Crippen molar-refractivity contribution < 1.29 is 27.5 Å². The van der Waals surface area contributed by atoms with Crippen molar-refractivity contribution in [2.45, 2.75) is 15.1 Å². The predicted octanol–water partition coefficient (Wildman–Crippen LogP) is 4.29. The molecule has 256 valence electrons. The van der Waals surface area contributed by atoms with Crippen LogP contribution in [-0.2, 0) is 14.6 Å². The summed E-state index contributed by atoms with van der Waals surface area (Å²) in [5.74, 6) is -0.0535. The van der Waals surface area contributed by atoms with Crippen molar-refractivity contribution in [1.29, 1.82) is 5.26 Å². The minimum atomic E-state index is -4.21. The molecule has 1 saturated heterocycles. The van der Waals surface area contributed by atoms with Crippen LogP contribution in [0.15, 0.2) is 109 Å². The zero-order valence-corrected chi connectivity index (χ0v) is 29.5. The van der Waals surface area contributed by atoms with E-state index < -0.39 is 20.7 Å². The molecule has 1 aliphatic heterocycles. The van der Waals surface area contributed by atoms with Gasteiger partial charge >= 0.3 is 10.9 Å². The number of nitriles is 1. The van der Waals surface area contributed by atoms with Gasteiger partial charge < -0.3 is 20.2 Å². The molecule has 2 aromatic heterocycles. The lowest BCUT2D eigenvalue weighted by Crippen LogP contribution is -2.50. The first kappa shape index (κ1) is 34.8. The summed E-state index contributed by atoms with van der Waals surface area (Å²) in [6.07, 6.45) is 0. The van der Waals surface area contributed by atoms with Crippen LogP contribution in [0.3, 0.4) is 0 Å². The van der Waals surface area contributed by atoms with Crippen LogP contribution in [0.2, 0.25) is 0 Å². The van der Waals surface area contributed by atoms with Gasteiger partial charge in [0.25, 0.3) is 9.84 Å². The zero-order chi connectivity index (χ0) is 35.1. The molecular formula is C33H29BrN8O6S2. The van der Waals surface area contributed by atoms with Crippen LogP contribution in [0, 0.1) is 16.5 Å². The Morgan fingerprint density at radius 1 is 1.02 bits per heavy atom. The second-order valence-corrected chi connectivity index (χ2v) is 14.6. The van der Waals surface area contributed by atoms with Crippen LogP contribution < -0.4 is 15.0 Å². The topological polar surface area (TPSA) is 181 Å². The third-order valence-electron chi connectivity index (χ3n) is 7.71. The predicted molar refractivity (Wildman–Crippen MR) is 186 cm³/mol. The first-order chi connectivity index (χ1) is 24.2. The van der Waals surface area contributed by atoms with E-state index in [1.165, 1.54) is 23.9 Å². The number of benzene rings is 3. The number of piperazine rings is 1. The van der Waals surface area contributed by atoms with Gasteiger partial charge in [-0.25, -0.2) is 18.4 Å². The number of hydrogen-bond donors (Lipinski definition) is 1. The van der Waals surface area contributed by atoms with Gasteiger partial charge in [-0.05, 0) is 41.3 Å². The van der Waals surface area contributed by atoms with Crippen LogP contribution in [0.25, 0.3) is 11.3 Å². The van der Waals surface area contributed by atoms with Crippen LogP contribution in [0.1, 0.15) is 5.56 Å². The van der Waals surface area contributed by atoms with Crippen molar-refractivity contribution in [2.75, 3.05) is 50.4 Å². The van der Waals surface area contributed by atoms with Crippen LogP contribution in [-0.4, -0.2) is 84.3 Å². The summed E-state index contributed by atoms with van der Waals surface area (Å²) >= 11 is 4.63. The monoisotopic (exact) mass is 776 g/mol. The number of sulfone groups is 1. The molecule has 0 bridgehead atoms. The molecule has 0 radical (unpaired) electrons. The lowest BCUT2D eigenvalue weighted by Gasteiger charge is -2.34. The lowest BCUT2D eigenvalue weighted by molar-refractivity contribution is -0.832. The summed E-state index contributed by atoms with van der Waals surface area (Å²) in [6, 6.07) is 26.6. The molecule has 1 N–H and O–H groups in total. The van der Waals surface area contributed by atoms with Gasteiger partial charge in [-0.15, -0.1) is 0 Å². The number of amides is 1. The van der Waals surface area contributed by atoms with Gasteiger partial charge in [-0.2, -0.15) is 5.26 Å². The Hall–Kier alpha value is -5.02. The molecule has 0 aliphatic carbocycles. The van der Waals surface area contributed by atoms with Crippen molar-refractivity contribution in [3.8, 4) is 23.2 Å². The van der Waals surface area contributed by atoms with Crippen molar-refractivity contribution in [2.24, 2.45) is 0 Å². The fraction of sp³-hybridized carbons (Fsp3) is 0.212. The molecule has 0 unspecified atom stereocenters. The summed E-state index contributed by atoms with van der Waals surface area (Å²) in [7, 11) is -4.21. The molecule has 0 atom stereocenters. The maximum Gasteiger partial charge on any atom is 0.415 e. The van der Waals surface area contributed by atoms with Crippen molar-refractivity contribution >= 4 is 54.9 Å². The summed E-state index contributed by atoms with van der Waals surface area (Å²) in [6.45, 7) is 2.51. The number of thioether (sulfide) groups is 1. The Morgan fingerprint density at radius 3 is 2.38 bits per heavy atom. The second-order valence-electron chi connectivity index (χ2n) is 10.9. The van der Waals surface area contributed by atoms with Crippen molar-refractivity contribution in [3.05, 3.63) is 100 Å². The van der Waals surface area contributed by atoms with Gasteiger partial charge in [0.2, 0.25) is 5.91 Å². The van der Waals surface area contributed by atoms with E-state index >= 15 is 0 Å².